The van der Waals surface area contributed by atoms with Crippen LogP contribution in [0.3, 0.4) is 0 Å². The van der Waals surface area contributed by atoms with Crippen LogP contribution in [-0.4, -0.2) is 66.5 Å². The molecule has 5 N–H and O–H groups in total. The van der Waals surface area contributed by atoms with E-state index in [0.29, 0.717) is 0 Å². The maximum Gasteiger partial charge on any atom is 0.133 e. The van der Waals surface area contributed by atoms with Crippen molar-refractivity contribution in [2.75, 3.05) is 40.5 Å². The van der Waals surface area contributed by atoms with E-state index in [9.17, 15) is 0 Å². The van der Waals surface area contributed by atoms with E-state index in [1.54, 1.807) is 14.1 Å². The van der Waals surface area contributed by atoms with Gasteiger partial charge < -0.3 is 21.2 Å². The molecule has 0 atom stereocenters. The normalized spacial score (nSPS) is 10.2. The molecule has 0 aromatic carbocycles. The van der Waals surface area contributed by atoms with Gasteiger partial charge in [0.15, 0.2) is 0 Å². The fourth-order valence-electron chi connectivity index (χ4n) is 0.559. The molecule has 0 aliphatic carbocycles. The Morgan fingerprint density at radius 2 is 1.31 bits per heavy atom. The molecule has 0 radical (unpaired) electrons. The van der Waals surface area contributed by atoms with Crippen LogP contribution >= 0.6 is 0 Å². The molecule has 0 aromatic heterocycles. The molecule has 13 heavy (non-hydrogen) atoms. The monoisotopic (exact) mass is 201 g/mol. The van der Waals surface area contributed by atoms with Crippen molar-refractivity contribution in [2.24, 2.45) is 0 Å². The highest BCUT2D eigenvalue weighted by molar-refractivity contribution is 4.14. The fourth-order valence-corrected chi connectivity index (χ4v) is 0.559. The van der Waals surface area contributed by atoms with E-state index in [1.165, 1.54) is 0 Å². The molecule has 0 bridgehead atoms. The highest BCUT2D eigenvalue weighted by Crippen LogP contribution is 1.98. The number of hydrogen-bond donors (Lipinski definition) is 2. The molecule has 0 aromatic rings. The largest absolute Gasteiger partial charge is 0.870 e. The SMILES string of the molecule is C[N+](C)(OCCO)OCCO.O.[OH-]. The van der Waals surface area contributed by atoms with E-state index in [0.717, 1.165) is 0 Å². The van der Waals surface area contributed by atoms with E-state index in [1.807, 2.05) is 0 Å². The van der Waals surface area contributed by atoms with Gasteiger partial charge in [0.25, 0.3) is 0 Å². The third-order valence-corrected chi connectivity index (χ3v) is 0.987. The molecule has 0 unspecified atom stereocenters. The summed E-state index contributed by atoms with van der Waals surface area (Å²) in [6.45, 7) is 0.366. The number of aliphatic hydroxyl groups excluding tert-OH is 2. The van der Waals surface area contributed by atoms with Crippen LogP contribution in [0.5, 0.6) is 0 Å². The molecule has 0 aliphatic heterocycles. The third kappa shape index (κ3) is 11.7. The molecule has 7 heteroatoms. The number of quaternary nitrogens is 1. The summed E-state index contributed by atoms with van der Waals surface area (Å²) in [7, 11) is 3.34. The lowest BCUT2D eigenvalue weighted by atomic mass is 10.8. The number of hydrogen-bond acceptors (Lipinski definition) is 5. The Kier molecular flexibility index (Phi) is 13.9. The second-order valence-corrected chi connectivity index (χ2v) is 2.37. The lowest BCUT2D eigenvalue weighted by Gasteiger charge is -2.23. The zero-order valence-corrected chi connectivity index (χ0v) is 7.93. The molecule has 0 saturated carbocycles. The number of rotatable bonds is 6. The van der Waals surface area contributed by atoms with E-state index < -0.39 is 0 Å². The minimum Gasteiger partial charge on any atom is -0.870 e. The molecule has 0 fully saturated rings. The first-order valence-corrected chi connectivity index (χ1v) is 3.47. The van der Waals surface area contributed by atoms with Crippen LogP contribution in [0.25, 0.3) is 0 Å². The first-order valence-electron chi connectivity index (χ1n) is 3.47. The smallest absolute Gasteiger partial charge is 0.133 e. The highest BCUT2D eigenvalue weighted by atomic mass is 17.0. The first kappa shape index (κ1) is 18.5. The lowest BCUT2D eigenvalue weighted by Crippen LogP contribution is -2.41. The number of aliphatic hydroxyl groups is 2. The summed E-state index contributed by atoms with van der Waals surface area (Å²) in [5.74, 6) is 0. The predicted molar refractivity (Wildman–Crippen MR) is 43.7 cm³/mol. The number of nitrogens with zero attached hydrogens (tertiary/aromatic N) is 1. The lowest BCUT2D eigenvalue weighted by molar-refractivity contribution is -1.22. The second kappa shape index (κ2) is 9.81. The highest BCUT2D eigenvalue weighted by Gasteiger charge is 2.17. The molecule has 0 heterocycles. The van der Waals surface area contributed by atoms with Crippen molar-refractivity contribution >= 4 is 0 Å². The van der Waals surface area contributed by atoms with Crippen molar-refractivity contribution < 1.29 is 35.7 Å². The first-order chi connectivity index (χ1) is 5.12. The standard InChI is InChI=1S/C6H16NO4.2H2O/c1-7(2,10-5-3-8)11-6-4-9;;/h8-9H,3-6H2,1-2H3;2*1H2/q+1;;/p-1. The Morgan fingerprint density at radius 1 is 1.00 bits per heavy atom. The van der Waals surface area contributed by atoms with E-state index >= 15 is 0 Å². The zero-order chi connectivity index (χ0) is 8.74. The summed E-state index contributed by atoms with van der Waals surface area (Å²) in [6.07, 6.45) is 0. The number of hydroxylamine groups is 4. The van der Waals surface area contributed by atoms with Gasteiger partial charge in [-0.05, 0) is 4.81 Å². The minimum absolute atomic E-state index is 0. The van der Waals surface area contributed by atoms with Crippen molar-refractivity contribution in [3.63, 3.8) is 0 Å². The Morgan fingerprint density at radius 3 is 1.54 bits per heavy atom. The molecule has 84 valence electrons. The van der Waals surface area contributed by atoms with E-state index in [4.69, 9.17) is 19.9 Å². The molecule has 0 aliphatic rings. The third-order valence-electron chi connectivity index (χ3n) is 0.987. The van der Waals surface area contributed by atoms with Gasteiger partial charge in [-0.2, -0.15) is 9.68 Å². The summed E-state index contributed by atoms with van der Waals surface area (Å²) < 4.78 is 0. The topological polar surface area (TPSA) is 120 Å². The van der Waals surface area contributed by atoms with Gasteiger partial charge in [0.2, 0.25) is 0 Å². The fraction of sp³-hybridized carbons (Fsp3) is 1.00. The van der Waals surface area contributed by atoms with Gasteiger partial charge in [-0.25, -0.2) is 0 Å². The van der Waals surface area contributed by atoms with Gasteiger partial charge in [0, 0.05) is 0 Å². The molecule has 0 saturated heterocycles. The van der Waals surface area contributed by atoms with E-state index in [-0.39, 0.29) is 42.2 Å². The summed E-state index contributed by atoms with van der Waals surface area (Å²) in [5.41, 5.74) is 0. The molecule has 0 spiro atoms. The van der Waals surface area contributed by atoms with Crippen LogP contribution in [-0.2, 0) is 9.68 Å². The summed E-state index contributed by atoms with van der Waals surface area (Å²) >= 11 is 0. The van der Waals surface area contributed by atoms with Gasteiger partial charge in [-0.15, -0.1) is 0 Å². The maximum atomic E-state index is 8.42. The van der Waals surface area contributed by atoms with E-state index in [2.05, 4.69) is 0 Å². The van der Waals surface area contributed by atoms with Crippen LogP contribution in [0.2, 0.25) is 0 Å². The predicted octanol–water partition coefficient (Wildman–Crippen LogP) is -2.09. The molecule has 0 amide bonds. The van der Waals surface area contributed by atoms with Gasteiger partial charge >= 0.3 is 0 Å². The van der Waals surface area contributed by atoms with Crippen LogP contribution in [0, 0.1) is 0 Å². The zero-order valence-electron chi connectivity index (χ0n) is 7.93. The van der Waals surface area contributed by atoms with Gasteiger partial charge in [-0.3, -0.25) is 0 Å². The van der Waals surface area contributed by atoms with Crippen molar-refractivity contribution in [3.8, 4) is 0 Å². The van der Waals surface area contributed by atoms with Crippen molar-refractivity contribution in [3.05, 3.63) is 0 Å². The van der Waals surface area contributed by atoms with Crippen molar-refractivity contribution in [2.45, 2.75) is 0 Å². The maximum absolute atomic E-state index is 8.42. The van der Waals surface area contributed by atoms with Crippen LogP contribution in [0.15, 0.2) is 0 Å². The van der Waals surface area contributed by atoms with Crippen LogP contribution < -0.4 is 0 Å². The van der Waals surface area contributed by atoms with Crippen LogP contribution in [0.4, 0.5) is 0 Å². The molecular weight excluding hydrogens is 182 g/mol. The second-order valence-electron chi connectivity index (χ2n) is 2.37. The quantitative estimate of drug-likeness (QED) is 0.377. The Bertz CT molecular complexity index is 89.1. The summed E-state index contributed by atoms with van der Waals surface area (Å²) in [4.78, 5) is 9.96. The van der Waals surface area contributed by atoms with Crippen LogP contribution in [0.1, 0.15) is 0 Å². The Labute approximate surface area is 77.2 Å². The minimum atomic E-state index is -0.110. The van der Waals surface area contributed by atoms with Gasteiger partial charge in [-0.1, -0.05) is 0 Å². The molecule has 7 nitrogen and oxygen atoms in total. The molecular formula is C6H19NO6. The summed E-state index contributed by atoms with van der Waals surface area (Å²) in [6, 6.07) is 0. The Hall–Kier alpha value is -0.280. The van der Waals surface area contributed by atoms with Crippen molar-refractivity contribution in [1.82, 2.24) is 0 Å². The van der Waals surface area contributed by atoms with Gasteiger partial charge in [0.1, 0.15) is 27.3 Å². The average molecular weight is 201 g/mol. The van der Waals surface area contributed by atoms with Crippen molar-refractivity contribution in [1.29, 1.82) is 0 Å². The summed E-state index contributed by atoms with van der Waals surface area (Å²) in [5, 5.41) is 16.8. The van der Waals surface area contributed by atoms with Gasteiger partial charge in [0.05, 0.1) is 13.2 Å². The molecule has 0 rings (SSSR count). The average Bonchev–Trinajstić information content (AvgIpc) is 1.97. The Balaban J connectivity index is -0.000000500.